The molecule has 0 aliphatic rings. The fraction of sp³-hybridized carbons (Fsp3) is 0. The molecule has 0 saturated heterocycles. The molecule has 0 aliphatic heterocycles. The number of anilines is 1. The first-order valence-corrected chi connectivity index (χ1v) is 7.05. The third kappa shape index (κ3) is 3.48. The number of benzene rings is 2. The predicted octanol–water partition coefficient (Wildman–Crippen LogP) is 4.24. The van der Waals surface area contributed by atoms with Crippen LogP contribution in [0.25, 0.3) is 0 Å². The number of nitro benzene ring substituents is 1. The minimum absolute atomic E-state index is 0.0452. The molecule has 1 amide bonds. The minimum Gasteiger partial charge on any atom is -0.318 e. The van der Waals surface area contributed by atoms with Crippen LogP contribution in [0.1, 0.15) is 10.4 Å². The fourth-order valence-corrected chi connectivity index (χ4v) is 2.39. The van der Waals surface area contributed by atoms with Crippen LogP contribution in [0.4, 0.5) is 15.8 Å². The van der Waals surface area contributed by atoms with E-state index >= 15 is 0 Å². The van der Waals surface area contributed by atoms with Crippen LogP contribution in [0, 0.1) is 19.5 Å². The maximum Gasteiger partial charge on any atom is 0.270 e. The van der Waals surface area contributed by atoms with Crippen molar-refractivity contribution < 1.29 is 14.1 Å². The second-order valence-electron chi connectivity index (χ2n) is 3.97. The van der Waals surface area contributed by atoms with Gasteiger partial charge in [0, 0.05) is 15.7 Å². The zero-order chi connectivity index (χ0) is 15.6. The summed E-state index contributed by atoms with van der Waals surface area (Å²) in [6.45, 7) is 0. The van der Waals surface area contributed by atoms with E-state index in [2.05, 4.69) is 5.32 Å². The molecule has 0 spiro atoms. The van der Waals surface area contributed by atoms with Crippen molar-refractivity contribution in [1.82, 2.24) is 0 Å². The Hall–Kier alpha value is -1.74. The molecular weight excluding hydrogens is 414 g/mol. The highest BCUT2D eigenvalue weighted by molar-refractivity contribution is 14.1. The Morgan fingerprint density at radius 1 is 1.33 bits per heavy atom. The van der Waals surface area contributed by atoms with E-state index < -0.39 is 16.6 Å². The molecule has 0 heterocycles. The van der Waals surface area contributed by atoms with E-state index in [9.17, 15) is 19.3 Å². The Balaban J connectivity index is 2.37. The summed E-state index contributed by atoms with van der Waals surface area (Å²) in [7, 11) is 0. The van der Waals surface area contributed by atoms with Crippen molar-refractivity contribution in [3.8, 4) is 0 Å². The predicted molar refractivity (Wildman–Crippen MR) is 85.2 cm³/mol. The molecule has 0 aromatic heterocycles. The zero-order valence-electron chi connectivity index (χ0n) is 10.3. The number of nitrogens with zero attached hydrogens (tertiary/aromatic N) is 1. The van der Waals surface area contributed by atoms with Gasteiger partial charge in [0.05, 0.1) is 21.2 Å². The number of nitro groups is 1. The summed E-state index contributed by atoms with van der Waals surface area (Å²) in [6, 6.07) is 7.85. The smallest absolute Gasteiger partial charge is 0.270 e. The summed E-state index contributed by atoms with van der Waals surface area (Å²) >= 11 is 7.68. The first-order valence-electron chi connectivity index (χ1n) is 5.59. The molecule has 0 aliphatic carbocycles. The number of carbonyl (C=O) groups excluding carboxylic acids is 1. The molecule has 8 heteroatoms. The molecule has 0 fully saturated rings. The normalized spacial score (nSPS) is 10.2. The molecule has 0 saturated carbocycles. The first kappa shape index (κ1) is 15.6. The number of nitrogens with one attached hydrogen (secondary N) is 1. The molecule has 0 atom stereocenters. The van der Waals surface area contributed by atoms with Crippen LogP contribution in [0.15, 0.2) is 36.4 Å². The lowest BCUT2D eigenvalue weighted by molar-refractivity contribution is -0.384. The lowest BCUT2D eigenvalue weighted by atomic mass is 10.2. The SMILES string of the molecule is O=C(Nc1c(F)cccc1Cl)c1cc([N+](=O)[O-])ccc1I. The Bertz CT molecular complexity index is 719. The van der Waals surface area contributed by atoms with Crippen LogP contribution in [0.5, 0.6) is 0 Å². The van der Waals surface area contributed by atoms with E-state index in [1.54, 1.807) is 0 Å². The van der Waals surface area contributed by atoms with Crippen LogP contribution in [0.3, 0.4) is 0 Å². The maximum atomic E-state index is 13.6. The van der Waals surface area contributed by atoms with Crippen LogP contribution in [-0.2, 0) is 0 Å². The van der Waals surface area contributed by atoms with Gasteiger partial charge in [0.2, 0.25) is 0 Å². The summed E-state index contributed by atoms with van der Waals surface area (Å²) < 4.78 is 14.1. The number of hydrogen-bond acceptors (Lipinski definition) is 3. The van der Waals surface area contributed by atoms with Crippen LogP contribution in [-0.4, -0.2) is 10.8 Å². The summed E-state index contributed by atoms with van der Waals surface area (Å²) in [5.74, 6) is -1.36. The maximum absolute atomic E-state index is 13.6. The number of rotatable bonds is 3. The van der Waals surface area contributed by atoms with Crippen molar-refractivity contribution in [2.75, 3.05) is 5.32 Å². The number of para-hydroxylation sites is 1. The highest BCUT2D eigenvalue weighted by Gasteiger charge is 2.18. The number of carbonyl (C=O) groups is 1. The van der Waals surface area contributed by atoms with Gasteiger partial charge in [-0.25, -0.2) is 4.39 Å². The van der Waals surface area contributed by atoms with Gasteiger partial charge in [-0.3, -0.25) is 14.9 Å². The molecular formula is C13H7ClFIN2O3. The molecule has 0 radical (unpaired) electrons. The van der Waals surface area contributed by atoms with Gasteiger partial charge < -0.3 is 5.32 Å². The summed E-state index contributed by atoms with van der Waals surface area (Å²) in [6.07, 6.45) is 0. The van der Waals surface area contributed by atoms with Gasteiger partial charge in [-0.15, -0.1) is 0 Å². The van der Waals surface area contributed by atoms with Gasteiger partial charge in [0.25, 0.3) is 11.6 Å². The van der Waals surface area contributed by atoms with Gasteiger partial charge in [-0.1, -0.05) is 17.7 Å². The summed E-state index contributed by atoms with van der Waals surface area (Å²) in [4.78, 5) is 22.3. The van der Waals surface area contributed by atoms with E-state index in [1.165, 1.54) is 24.3 Å². The second-order valence-corrected chi connectivity index (χ2v) is 5.54. The Labute approximate surface area is 137 Å². The van der Waals surface area contributed by atoms with Crippen molar-refractivity contribution in [3.63, 3.8) is 0 Å². The number of amides is 1. The second kappa shape index (κ2) is 6.35. The van der Waals surface area contributed by atoms with E-state index in [1.807, 2.05) is 22.6 Å². The fourth-order valence-electron chi connectivity index (χ4n) is 1.60. The van der Waals surface area contributed by atoms with Gasteiger partial charge >= 0.3 is 0 Å². The van der Waals surface area contributed by atoms with E-state index in [4.69, 9.17) is 11.6 Å². The third-order valence-corrected chi connectivity index (χ3v) is 3.86. The molecule has 5 nitrogen and oxygen atoms in total. The van der Waals surface area contributed by atoms with Crippen molar-refractivity contribution in [2.45, 2.75) is 0 Å². The molecule has 21 heavy (non-hydrogen) atoms. The first-order chi connectivity index (χ1) is 9.90. The zero-order valence-corrected chi connectivity index (χ0v) is 13.2. The number of hydrogen-bond donors (Lipinski definition) is 1. The van der Waals surface area contributed by atoms with Gasteiger partial charge in [-0.05, 0) is 40.8 Å². The largest absolute Gasteiger partial charge is 0.318 e. The van der Waals surface area contributed by atoms with E-state index in [0.29, 0.717) is 3.57 Å². The Morgan fingerprint density at radius 2 is 2.05 bits per heavy atom. The van der Waals surface area contributed by atoms with Crippen molar-refractivity contribution in [2.24, 2.45) is 0 Å². The quantitative estimate of drug-likeness (QED) is 0.458. The molecule has 2 aromatic rings. The van der Waals surface area contributed by atoms with E-state index in [-0.39, 0.29) is 22.0 Å². The monoisotopic (exact) mass is 420 g/mol. The van der Waals surface area contributed by atoms with Gasteiger partial charge in [-0.2, -0.15) is 0 Å². The molecule has 1 N–H and O–H groups in total. The van der Waals surface area contributed by atoms with Crippen LogP contribution < -0.4 is 5.32 Å². The molecule has 108 valence electrons. The average molecular weight is 421 g/mol. The van der Waals surface area contributed by atoms with Gasteiger partial charge in [0.15, 0.2) is 0 Å². The molecule has 0 unspecified atom stereocenters. The van der Waals surface area contributed by atoms with Crippen molar-refractivity contribution in [3.05, 3.63) is 66.5 Å². The number of non-ortho nitro benzene ring substituents is 1. The Kier molecular flexibility index (Phi) is 4.73. The lowest BCUT2D eigenvalue weighted by Crippen LogP contribution is -2.15. The Morgan fingerprint density at radius 3 is 2.67 bits per heavy atom. The standard InChI is InChI=1S/C13H7ClFIN2O3/c14-9-2-1-3-10(15)12(9)17-13(19)8-6-7(18(20)21)4-5-11(8)16/h1-6H,(H,17,19). The van der Waals surface area contributed by atoms with Gasteiger partial charge in [0.1, 0.15) is 5.82 Å². The topological polar surface area (TPSA) is 72.2 Å². The molecule has 0 bridgehead atoms. The number of halogens is 3. The van der Waals surface area contributed by atoms with Crippen molar-refractivity contribution >= 4 is 51.5 Å². The molecule has 2 aromatic carbocycles. The molecule has 2 rings (SSSR count). The average Bonchev–Trinajstić information content (AvgIpc) is 2.43. The summed E-state index contributed by atoms with van der Waals surface area (Å²) in [5.41, 5.74) is -0.309. The summed E-state index contributed by atoms with van der Waals surface area (Å²) in [5, 5.41) is 13.1. The van der Waals surface area contributed by atoms with Crippen LogP contribution in [0.2, 0.25) is 5.02 Å². The van der Waals surface area contributed by atoms with Crippen LogP contribution >= 0.6 is 34.2 Å². The highest BCUT2D eigenvalue weighted by Crippen LogP contribution is 2.26. The highest BCUT2D eigenvalue weighted by atomic mass is 127. The van der Waals surface area contributed by atoms with Crippen molar-refractivity contribution in [1.29, 1.82) is 0 Å². The van der Waals surface area contributed by atoms with E-state index in [0.717, 1.165) is 12.1 Å². The lowest BCUT2D eigenvalue weighted by Gasteiger charge is -2.09. The third-order valence-electron chi connectivity index (χ3n) is 2.61. The minimum atomic E-state index is -0.684.